The van der Waals surface area contributed by atoms with Crippen molar-refractivity contribution in [3.05, 3.63) is 106 Å². The molecule has 3 N–H and O–H groups in total. The number of aromatic nitrogens is 2. The van der Waals surface area contributed by atoms with E-state index in [-0.39, 0.29) is 28.3 Å². The largest absolute Gasteiger partial charge is 0.481 e. The fourth-order valence-electron chi connectivity index (χ4n) is 3.43. The molecule has 1 heterocycles. The van der Waals surface area contributed by atoms with Crippen molar-refractivity contribution in [3.63, 3.8) is 0 Å². The molecule has 0 aliphatic rings. The van der Waals surface area contributed by atoms with Crippen LogP contribution in [0.1, 0.15) is 15.9 Å². The van der Waals surface area contributed by atoms with Gasteiger partial charge in [0.2, 0.25) is 5.88 Å². The first-order valence-corrected chi connectivity index (χ1v) is 14.2. The molecule has 0 spiro atoms. The molecule has 0 bridgehead atoms. The molecule has 4 rings (SSSR count). The van der Waals surface area contributed by atoms with E-state index in [9.17, 15) is 18.0 Å². The highest BCUT2D eigenvalue weighted by Crippen LogP contribution is 2.22. The van der Waals surface area contributed by atoms with Gasteiger partial charge in [-0.1, -0.05) is 46.3 Å². The van der Waals surface area contributed by atoms with Crippen LogP contribution in [0, 0.1) is 0 Å². The van der Waals surface area contributed by atoms with Crippen LogP contribution in [0.4, 0.5) is 11.5 Å². The summed E-state index contributed by atoms with van der Waals surface area (Å²) in [5, 5.41) is 5.35. The number of methoxy groups -OCH3 is 2. The molecular formula is C28H24BrN5O6S. The van der Waals surface area contributed by atoms with Crippen LogP contribution in [-0.4, -0.2) is 44.4 Å². The molecule has 2 amide bonds. The lowest BCUT2D eigenvalue weighted by Gasteiger charge is -2.12. The summed E-state index contributed by atoms with van der Waals surface area (Å²) in [4.78, 5) is 33.8. The Bertz CT molecular complexity index is 1660. The number of hydrogen-bond donors (Lipinski definition) is 3. The number of anilines is 2. The molecule has 13 heteroatoms. The molecule has 1 aromatic heterocycles. The van der Waals surface area contributed by atoms with Crippen molar-refractivity contribution in [1.82, 2.24) is 15.3 Å². The number of rotatable bonds is 10. The summed E-state index contributed by atoms with van der Waals surface area (Å²) in [7, 11) is -1.34. The quantitative estimate of drug-likeness (QED) is 0.216. The maximum absolute atomic E-state index is 13.2. The number of benzene rings is 3. The van der Waals surface area contributed by atoms with Crippen LogP contribution in [0.3, 0.4) is 0 Å². The van der Waals surface area contributed by atoms with E-state index in [1.807, 2.05) is 0 Å². The molecule has 0 aliphatic carbocycles. The Labute approximate surface area is 244 Å². The molecule has 210 valence electrons. The second-order valence-electron chi connectivity index (χ2n) is 8.30. The fraction of sp³-hybridized carbons (Fsp3) is 0.0714. The minimum Gasteiger partial charge on any atom is -0.481 e. The van der Waals surface area contributed by atoms with Crippen molar-refractivity contribution >= 4 is 55.3 Å². The summed E-state index contributed by atoms with van der Waals surface area (Å²) in [5.41, 5.74) is 1.35. The van der Waals surface area contributed by atoms with Crippen molar-refractivity contribution in [2.75, 3.05) is 24.3 Å². The zero-order valence-corrected chi connectivity index (χ0v) is 24.2. The molecule has 41 heavy (non-hydrogen) atoms. The van der Waals surface area contributed by atoms with E-state index < -0.39 is 21.8 Å². The zero-order valence-electron chi connectivity index (χ0n) is 21.8. The van der Waals surface area contributed by atoms with Gasteiger partial charge in [-0.3, -0.25) is 14.3 Å². The van der Waals surface area contributed by atoms with Gasteiger partial charge < -0.3 is 20.1 Å². The predicted molar refractivity (Wildman–Crippen MR) is 157 cm³/mol. The molecule has 0 fully saturated rings. The van der Waals surface area contributed by atoms with Gasteiger partial charge in [-0.2, -0.15) is 9.97 Å². The molecule has 0 aliphatic heterocycles. The lowest BCUT2D eigenvalue weighted by molar-refractivity contribution is -0.113. The van der Waals surface area contributed by atoms with Crippen LogP contribution in [-0.2, 0) is 14.8 Å². The third kappa shape index (κ3) is 7.90. The molecule has 0 atom stereocenters. The van der Waals surface area contributed by atoms with Crippen LogP contribution in [0.5, 0.6) is 11.9 Å². The lowest BCUT2D eigenvalue weighted by Crippen LogP contribution is -2.30. The number of carbonyl (C=O) groups excluding carboxylic acids is 2. The van der Waals surface area contributed by atoms with E-state index in [2.05, 4.69) is 41.3 Å². The summed E-state index contributed by atoms with van der Waals surface area (Å²) in [6.45, 7) is 0. The maximum atomic E-state index is 13.2. The number of sulfonamides is 1. The van der Waals surface area contributed by atoms with Crippen molar-refractivity contribution < 1.29 is 27.5 Å². The lowest BCUT2D eigenvalue weighted by atomic mass is 10.1. The third-order valence-electron chi connectivity index (χ3n) is 5.45. The minimum atomic E-state index is -4.05. The van der Waals surface area contributed by atoms with Crippen LogP contribution < -0.4 is 24.8 Å². The summed E-state index contributed by atoms with van der Waals surface area (Å²) in [6, 6.07) is 22.3. The van der Waals surface area contributed by atoms with E-state index in [4.69, 9.17) is 9.47 Å². The van der Waals surface area contributed by atoms with Crippen molar-refractivity contribution in [2.24, 2.45) is 0 Å². The number of nitrogens with zero attached hydrogens (tertiary/aromatic N) is 2. The van der Waals surface area contributed by atoms with E-state index in [0.29, 0.717) is 16.8 Å². The summed E-state index contributed by atoms with van der Waals surface area (Å²) in [5.74, 6) is -1.01. The first-order valence-electron chi connectivity index (χ1n) is 11.9. The van der Waals surface area contributed by atoms with Gasteiger partial charge in [0.15, 0.2) is 5.82 Å². The van der Waals surface area contributed by atoms with Crippen LogP contribution in [0.15, 0.2) is 100.0 Å². The van der Waals surface area contributed by atoms with Gasteiger partial charge in [-0.05, 0) is 60.2 Å². The van der Waals surface area contributed by atoms with E-state index in [1.165, 1.54) is 50.6 Å². The Kier molecular flexibility index (Phi) is 9.32. The normalized spacial score (nSPS) is 11.3. The van der Waals surface area contributed by atoms with Crippen LogP contribution in [0.25, 0.3) is 6.08 Å². The third-order valence-corrected chi connectivity index (χ3v) is 7.34. The average molecular weight is 638 g/mol. The number of hydrogen-bond acceptors (Lipinski definition) is 8. The summed E-state index contributed by atoms with van der Waals surface area (Å²) in [6.07, 6.45) is 1.54. The van der Waals surface area contributed by atoms with E-state index >= 15 is 0 Å². The Balaban J connectivity index is 1.53. The molecule has 0 saturated heterocycles. The number of carbonyl (C=O) groups is 2. The van der Waals surface area contributed by atoms with Gasteiger partial charge in [0.1, 0.15) is 5.70 Å². The summed E-state index contributed by atoms with van der Waals surface area (Å²) >= 11 is 3.37. The molecule has 0 unspecified atom stereocenters. The number of nitrogens with one attached hydrogen (secondary N) is 3. The first-order chi connectivity index (χ1) is 19.7. The van der Waals surface area contributed by atoms with Crippen molar-refractivity contribution in [1.29, 1.82) is 0 Å². The van der Waals surface area contributed by atoms with Gasteiger partial charge in [0, 0.05) is 21.8 Å². The first kappa shape index (κ1) is 29.2. The van der Waals surface area contributed by atoms with E-state index in [0.717, 1.165) is 4.47 Å². The second kappa shape index (κ2) is 13.1. The second-order valence-corrected chi connectivity index (χ2v) is 10.9. The molecule has 0 saturated carbocycles. The molecule has 0 radical (unpaired) electrons. The standard InChI is InChI=1S/C28H24BrN5O6S/c1-39-25-17-24(32-28(33-25)40-2)34-41(37,38)22-14-12-21(13-15-22)30-27(36)23(16-18-8-10-20(29)11-9-18)31-26(35)19-6-4-3-5-7-19/h3-17H,1-2H3,(H,30,36)(H,31,35)(H,32,33,34). The van der Waals surface area contributed by atoms with Crippen molar-refractivity contribution in [2.45, 2.75) is 4.90 Å². The van der Waals surface area contributed by atoms with Gasteiger partial charge in [0.25, 0.3) is 21.8 Å². The minimum absolute atomic E-state index is 0.00815. The van der Waals surface area contributed by atoms with Crippen LogP contribution >= 0.6 is 15.9 Å². The highest BCUT2D eigenvalue weighted by molar-refractivity contribution is 9.10. The Hall–Kier alpha value is -4.75. The average Bonchev–Trinajstić information content (AvgIpc) is 2.98. The maximum Gasteiger partial charge on any atom is 0.321 e. The fourth-order valence-corrected chi connectivity index (χ4v) is 4.69. The summed E-state index contributed by atoms with van der Waals surface area (Å²) < 4.78 is 39.1. The highest BCUT2D eigenvalue weighted by Gasteiger charge is 2.19. The molecule has 4 aromatic rings. The number of halogens is 1. The Morgan fingerprint density at radius 1 is 0.878 bits per heavy atom. The van der Waals surface area contributed by atoms with Crippen LogP contribution in [0.2, 0.25) is 0 Å². The van der Waals surface area contributed by atoms with Gasteiger partial charge in [-0.15, -0.1) is 0 Å². The molecular weight excluding hydrogens is 614 g/mol. The SMILES string of the molecule is COc1cc(NS(=O)(=O)c2ccc(NC(=O)C(=Cc3ccc(Br)cc3)NC(=O)c3ccccc3)cc2)nc(OC)n1. The predicted octanol–water partition coefficient (Wildman–Crippen LogP) is 4.47. The number of ether oxygens (including phenoxy) is 2. The monoisotopic (exact) mass is 637 g/mol. The van der Waals surface area contributed by atoms with Gasteiger partial charge in [-0.25, -0.2) is 8.42 Å². The Morgan fingerprint density at radius 2 is 1.56 bits per heavy atom. The van der Waals surface area contributed by atoms with Gasteiger partial charge in [0.05, 0.1) is 19.1 Å². The highest BCUT2D eigenvalue weighted by atomic mass is 79.9. The smallest absolute Gasteiger partial charge is 0.321 e. The zero-order chi connectivity index (χ0) is 29.4. The van der Waals surface area contributed by atoms with E-state index in [1.54, 1.807) is 54.6 Å². The van der Waals surface area contributed by atoms with Gasteiger partial charge >= 0.3 is 6.01 Å². The molecule has 3 aromatic carbocycles. The molecule has 11 nitrogen and oxygen atoms in total. The number of amides is 2. The van der Waals surface area contributed by atoms with Crippen molar-refractivity contribution in [3.8, 4) is 11.9 Å². The topological polar surface area (TPSA) is 149 Å². The Morgan fingerprint density at radius 3 is 2.20 bits per heavy atom.